The maximum absolute atomic E-state index is 15.0. The van der Waals surface area contributed by atoms with Crippen LogP contribution in [0.15, 0.2) is 0 Å². The van der Waals surface area contributed by atoms with Gasteiger partial charge in [-0.2, -0.15) is 0 Å². The van der Waals surface area contributed by atoms with Crippen LogP contribution in [0.2, 0.25) is 0 Å². The summed E-state index contributed by atoms with van der Waals surface area (Å²) in [7, 11) is 16.1. The molecule has 0 amide bonds. The average molecular weight is 1000 g/mol. The van der Waals surface area contributed by atoms with Gasteiger partial charge in [-0.3, -0.25) is 19.2 Å². The van der Waals surface area contributed by atoms with Gasteiger partial charge in [-0.1, -0.05) is 27.7 Å². The van der Waals surface area contributed by atoms with E-state index in [9.17, 15) is 24.3 Å². The Balaban J connectivity index is 2.39. The molecule has 0 bridgehead atoms. The quantitative estimate of drug-likeness (QED) is 0.149. The zero-order valence-electron chi connectivity index (χ0n) is 46.3. The van der Waals surface area contributed by atoms with Crippen molar-refractivity contribution in [1.82, 2.24) is 14.7 Å². The number of likely N-dealkylation sites (N-methyl/N-ethyl adjacent to an activating group) is 1. The minimum absolute atomic E-state index is 0.00499. The third kappa shape index (κ3) is 15.7. The standard InChI is InChI=1S/C51H93N3O16/c1-21-37-51(11,59)45(68-39(57)23-25-53(14)15)31(4)41(67-38(56)22-24-52(12)13)29(2)27-49(9,61-19)44(70-48-43(60-18)36(54(16)17)26-30(3)63-48)32(5)42(33(6)47(58)66-37)69-40-28-50(10,62-20)46(34(7)64-40)65-35(8)55/h29-34,36-37,40-46,48,59H,21-28H2,1-20H3/t29-,30-,31+,32+,33-,34+,36+,37-,40+,41+,42+,43-,44-,45-,46+,48+,49+,50-,51-/m1/s1. The van der Waals surface area contributed by atoms with Crippen molar-refractivity contribution in [3.8, 4) is 0 Å². The highest BCUT2D eigenvalue weighted by Gasteiger charge is 2.56. The summed E-state index contributed by atoms with van der Waals surface area (Å²) in [5.74, 6) is -5.48. The average Bonchev–Trinajstić information content (AvgIpc) is 3.28. The van der Waals surface area contributed by atoms with Crippen LogP contribution in [0, 0.1) is 23.7 Å². The Morgan fingerprint density at radius 3 is 1.76 bits per heavy atom. The van der Waals surface area contributed by atoms with Gasteiger partial charge in [-0.25, -0.2) is 0 Å². The van der Waals surface area contributed by atoms with Crippen molar-refractivity contribution in [2.24, 2.45) is 23.7 Å². The predicted molar refractivity (Wildman–Crippen MR) is 260 cm³/mol. The normalized spacial score (nSPS) is 40.4. The summed E-state index contributed by atoms with van der Waals surface area (Å²) in [6.45, 7) is 20.1. The molecular weight excluding hydrogens is 911 g/mol. The summed E-state index contributed by atoms with van der Waals surface area (Å²) >= 11 is 0. The lowest BCUT2D eigenvalue weighted by atomic mass is 9.73. The van der Waals surface area contributed by atoms with E-state index in [1.807, 2.05) is 86.7 Å². The van der Waals surface area contributed by atoms with Gasteiger partial charge in [-0.15, -0.1) is 0 Å². The highest BCUT2D eigenvalue weighted by molar-refractivity contribution is 5.73. The molecule has 3 aliphatic rings. The highest BCUT2D eigenvalue weighted by Crippen LogP contribution is 2.44. The fraction of sp³-hybridized carbons (Fsp3) is 0.922. The molecule has 0 aromatic heterocycles. The first kappa shape index (κ1) is 61.7. The molecular formula is C51H93N3O16. The Labute approximate surface area is 419 Å². The smallest absolute Gasteiger partial charge is 0.311 e. The van der Waals surface area contributed by atoms with Crippen LogP contribution >= 0.6 is 0 Å². The second kappa shape index (κ2) is 26.6. The molecule has 0 spiro atoms. The predicted octanol–water partition coefficient (Wildman–Crippen LogP) is 4.46. The van der Waals surface area contributed by atoms with Crippen LogP contribution in [-0.4, -0.2) is 211 Å². The number of carbonyl (C=O) groups excluding carboxylic acids is 4. The first-order chi connectivity index (χ1) is 32.5. The van der Waals surface area contributed by atoms with Crippen molar-refractivity contribution >= 4 is 23.9 Å². The van der Waals surface area contributed by atoms with E-state index < -0.39 is 126 Å². The van der Waals surface area contributed by atoms with Gasteiger partial charge in [0.15, 0.2) is 18.7 Å². The van der Waals surface area contributed by atoms with Crippen LogP contribution in [-0.2, 0) is 71.3 Å². The lowest BCUT2D eigenvalue weighted by Crippen LogP contribution is -2.62. The molecule has 3 aliphatic heterocycles. The molecule has 0 unspecified atom stereocenters. The first-order valence-corrected chi connectivity index (χ1v) is 25.2. The monoisotopic (exact) mass is 1000 g/mol. The number of nitrogens with zero attached hydrogens (tertiary/aromatic N) is 3. The second-order valence-electron chi connectivity index (χ2n) is 21.7. The van der Waals surface area contributed by atoms with Gasteiger partial charge in [0, 0.05) is 65.6 Å². The summed E-state index contributed by atoms with van der Waals surface area (Å²) in [6.07, 6.45) is -8.59. The second-order valence-corrected chi connectivity index (χ2v) is 21.7. The zero-order chi connectivity index (χ0) is 53.2. The lowest BCUT2D eigenvalue weighted by Gasteiger charge is -2.51. The third-order valence-electron chi connectivity index (χ3n) is 15.0. The molecule has 19 heteroatoms. The van der Waals surface area contributed by atoms with E-state index in [2.05, 4.69) is 4.90 Å². The van der Waals surface area contributed by atoms with E-state index in [0.29, 0.717) is 19.5 Å². The molecule has 3 saturated heterocycles. The van der Waals surface area contributed by atoms with Gasteiger partial charge in [0.2, 0.25) is 0 Å². The Kier molecular flexibility index (Phi) is 23.5. The minimum Gasteiger partial charge on any atom is -0.462 e. The topological polar surface area (TPSA) is 200 Å². The van der Waals surface area contributed by atoms with Crippen LogP contribution in [0.5, 0.6) is 0 Å². The van der Waals surface area contributed by atoms with Crippen molar-refractivity contribution in [3.05, 3.63) is 0 Å². The molecule has 70 heavy (non-hydrogen) atoms. The van der Waals surface area contributed by atoms with Crippen LogP contribution in [0.3, 0.4) is 0 Å². The van der Waals surface area contributed by atoms with Crippen LogP contribution in [0.1, 0.15) is 115 Å². The number of hydrogen-bond acceptors (Lipinski definition) is 19. The summed E-state index contributed by atoms with van der Waals surface area (Å²) in [4.78, 5) is 60.7. The molecule has 3 fully saturated rings. The van der Waals surface area contributed by atoms with Crippen molar-refractivity contribution in [2.45, 2.75) is 205 Å². The molecule has 19 nitrogen and oxygen atoms in total. The molecule has 3 rings (SSSR count). The Hall–Kier alpha value is -2.56. The van der Waals surface area contributed by atoms with Crippen molar-refractivity contribution < 1.29 is 76.4 Å². The van der Waals surface area contributed by atoms with Crippen molar-refractivity contribution in [1.29, 1.82) is 0 Å². The first-order valence-electron chi connectivity index (χ1n) is 25.2. The largest absolute Gasteiger partial charge is 0.462 e. The SMILES string of the molecule is CC[C@H]1OC(=O)[C@H](C)[C@@H](O[C@H]2C[C@@](C)(OC)[C@@H](OC(C)=O)[C@H](C)O2)[C@H](C)[C@@H](O[C@@H]2O[C@H](C)C[C@H](N(C)C)[C@H]2OC)[C@@](C)(OC)C[C@@H](C)[C@H](OC(=O)CCN(C)C)[C@H](C)[C@@H](OC(=O)CCN(C)C)[C@]1(C)O. The zero-order valence-corrected chi connectivity index (χ0v) is 46.3. The van der Waals surface area contributed by atoms with E-state index in [4.69, 9.17) is 52.1 Å². The van der Waals surface area contributed by atoms with Crippen LogP contribution < -0.4 is 0 Å². The van der Waals surface area contributed by atoms with Crippen molar-refractivity contribution in [3.63, 3.8) is 0 Å². The van der Waals surface area contributed by atoms with E-state index in [1.165, 1.54) is 21.0 Å². The maximum Gasteiger partial charge on any atom is 0.311 e. The third-order valence-corrected chi connectivity index (χ3v) is 15.0. The molecule has 3 heterocycles. The number of rotatable bonds is 18. The maximum atomic E-state index is 15.0. The molecule has 0 saturated carbocycles. The highest BCUT2D eigenvalue weighted by atomic mass is 16.7. The van der Waals surface area contributed by atoms with Crippen LogP contribution in [0.25, 0.3) is 0 Å². The fourth-order valence-corrected chi connectivity index (χ4v) is 10.9. The number of methoxy groups -OCH3 is 3. The Bertz CT molecular complexity index is 1670. The van der Waals surface area contributed by atoms with Gasteiger partial charge in [0.05, 0.1) is 48.8 Å². The number of ether oxygens (including phenoxy) is 11. The Morgan fingerprint density at radius 2 is 1.26 bits per heavy atom. The number of esters is 4. The molecule has 1 N–H and O–H groups in total. The van der Waals surface area contributed by atoms with Gasteiger partial charge >= 0.3 is 23.9 Å². The summed E-state index contributed by atoms with van der Waals surface area (Å²) in [6, 6.07) is -0.0989. The van der Waals surface area contributed by atoms with E-state index in [1.54, 1.807) is 41.9 Å². The van der Waals surface area contributed by atoms with Crippen molar-refractivity contribution in [2.75, 3.05) is 76.7 Å². The molecule has 19 atom stereocenters. The number of hydrogen-bond donors (Lipinski definition) is 1. The van der Waals surface area contributed by atoms with E-state index in [-0.39, 0.29) is 44.2 Å². The van der Waals surface area contributed by atoms with Gasteiger partial charge in [0.1, 0.15) is 35.6 Å². The van der Waals surface area contributed by atoms with Gasteiger partial charge in [-0.05, 0) is 109 Å². The summed E-state index contributed by atoms with van der Waals surface area (Å²) < 4.78 is 71.0. The molecule has 0 aromatic rings. The summed E-state index contributed by atoms with van der Waals surface area (Å²) in [5.41, 5.74) is -4.34. The Morgan fingerprint density at radius 1 is 0.714 bits per heavy atom. The minimum atomic E-state index is -2.01. The number of cyclic esters (lactones) is 1. The van der Waals surface area contributed by atoms with Gasteiger partial charge in [0.25, 0.3) is 0 Å². The van der Waals surface area contributed by atoms with Gasteiger partial charge < -0.3 is 71.9 Å². The van der Waals surface area contributed by atoms with Crippen LogP contribution in [0.4, 0.5) is 0 Å². The molecule has 0 aromatic carbocycles. The van der Waals surface area contributed by atoms with E-state index in [0.717, 1.165) is 0 Å². The molecule has 408 valence electrons. The number of carbonyl (C=O) groups is 4. The molecule has 0 aliphatic carbocycles. The summed E-state index contributed by atoms with van der Waals surface area (Å²) in [5, 5.41) is 12.8. The fourth-order valence-electron chi connectivity index (χ4n) is 10.9. The lowest BCUT2D eigenvalue weighted by molar-refractivity contribution is -0.322. The number of aliphatic hydroxyl groups is 1. The van der Waals surface area contributed by atoms with E-state index >= 15 is 0 Å². The molecule has 0 radical (unpaired) electrons.